The summed E-state index contributed by atoms with van der Waals surface area (Å²) in [5.74, 6) is 27.3. The second-order valence-electron chi connectivity index (χ2n) is 22.1. The van der Waals surface area contributed by atoms with E-state index in [4.69, 9.17) is 0 Å². The first kappa shape index (κ1) is 64.1. The maximum absolute atomic E-state index is 11.6. The van der Waals surface area contributed by atoms with Gasteiger partial charge in [-0.1, -0.05) is 204 Å². The lowest BCUT2D eigenvalue weighted by Crippen LogP contribution is -2.01. The van der Waals surface area contributed by atoms with Gasteiger partial charge >= 0.3 is 11.9 Å². The molecule has 0 amide bonds. The highest BCUT2D eigenvalue weighted by Gasteiger charge is 2.14. The van der Waals surface area contributed by atoms with Crippen molar-refractivity contribution >= 4 is 11.9 Å². The SMILES string of the molecule is CCCCCCc1cc(C#Cc2cc(CCCCCC)c(C#Cc3cc(CCCCCC)c(C#Cc4ccc(C(=O)O)cc4)cc3CCCCCC)cc2CCCCCC)c(CCCCCC)cc1C#Cc1ccc(C(=O)O)cc1. The van der Waals surface area contributed by atoms with Crippen LogP contribution in [0.25, 0.3) is 0 Å². The van der Waals surface area contributed by atoms with Gasteiger partial charge in [-0.05, 0) is 195 Å². The van der Waals surface area contributed by atoms with Crippen molar-refractivity contribution < 1.29 is 19.8 Å². The van der Waals surface area contributed by atoms with Crippen LogP contribution in [0.15, 0.2) is 84.9 Å². The Morgan fingerprint density at radius 2 is 0.463 bits per heavy atom. The minimum atomic E-state index is -0.934. The number of benzene rings is 5. The standard InChI is InChI=1S/C76H94O4/c1-7-13-19-25-31-63-55-71(65(33-27-21-15-9-3)53-69(63)47-41-59-37-43-61(44-38-59)75(77)78)49-51-73-57-68(36-30-24-18-12-6)74(58-67(73)35-29-23-17-11-5)52-50-72-56-64(32-26-20-14-8-2)70(54-66(72)34-28-22-16-10-4)48-42-60-39-45-62(46-40-60)76(79)80/h37-40,43-46,53-58H,7-36H2,1-6H3,(H,77,78)(H,79,80). The number of unbranched alkanes of at least 4 members (excludes halogenated alkanes) is 18. The zero-order valence-electron chi connectivity index (χ0n) is 50.0. The zero-order chi connectivity index (χ0) is 57.2. The Hall–Kier alpha value is -6.72. The van der Waals surface area contributed by atoms with Crippen LogP contribution in [0, 0.1) is 47.4 Å². The summed E-state index contributed by atoms with van der Waals surface area (Å²) >= 11 is 0. The first-order valence-corrected chi connectivity index (χ1v) is 31.3. The van der Waals surface area contributed by atoms with Crippen LogP contribution in [0.3, 0.4) is 0 Å². The van der Waals surface area contributed by atoms with Crippen molar-refractivity contribution in [3.63, 3.8) is 0 Å². The van der Waals surface area contributed by atoms with Crippen LogP contribution in [0.4, 0.5) is 0 Å². The lowest BCUT2D eigenvalue weighted by Gasteiger charge is -2.14. The van der Waals surface area contributed by atoms with E-state index in [0.717, 1.165) is 122 Å². The summed E-state index contributed by atoms with van der Waals surface area (Å²) < 4.78 is 0. The largest absolute Gasteiger partial charge is 0.478 e. The molecule has 0 fully saturated rings. The van der Waals surface area contributed by atoms with Crippen molar-refractivity contribution in [2.45, 2.75) is 234 Å². The molecule has 80 heavy (non-hydrogen) atoms. The number of carboxylic acids is 2. The molecule has 0 bridgehead atoms. The van der Waals surface area contributed by atoms with Gasteiger partial charge in [0, 0.05) is 44.5 Å². The number of hydrogen-bond acceptors (Lipinski definition) is 2. The van der Waals surface area contributed by atoms with Crippen molar-refractivity contribution in [3.05, 3.63) is 174 Å². The third-order valence-corrected chi connectivity index (χ3v) is 15.4. The molecule has 4 heteroatoms. The zero-order valence-corrected chi connectivity index (χ0v) is 50.0. The highest BCUT2D eigenvalue weighted by molar-refractivity contribution is 5.88. The average Bonchev–Trinajstić information content (AvgIpc) is 3.46. The van der Waals surface area contributed by atoms with Gasteiger partial charge in [0.25, 0.3) is 0 Å². The van der Waals surface area contributed by atoms with E-state index in [1.54, 1.807) is 48.5 Å². The number of rotatable bonds is 32. The molecule has 5 aromatic rings. The van der Waals surface area contributed by atoms with Crippen molar-refractivity contribution in [1.29, 1.82) is 0 Å². The molecule has 5 aromatic carbocycles. The third-order valence-electron chi connectivity index (χ3n) is 15.4. The maximum Gasteiger partial charge on any atom is 0.335 e. The van der Waals surface area contributed by atoms with E-state index >= 15 is 0 Å². The minimum Gasteiger partial charge on any atom is -0.478 e. The second-order valence-corrected chi connectivity index (χ2v) is 22.1. The van der Waals surface area contributed by atoms with Gasteiger partial charge in [-0.2, -0.15) is 0 Å². The predicted octanol–water partition coefficient (Wildman–Crippen LogP) is 19.4. The summed E-state index contributed by atoms with van der Waals surface area (Å²) in [5, 5.41) is 19.0. The Kier molecular flexibility index (Phi) is 29.9. The predicted molar refractivity (Wildman–Crippen MR) is 337 cm³/mol. The Bertz CT molecular complexity index is 2770. The average molecular weight is 1070 g/mol. The van der Waals surface area contributed by atoms with Crippen LogP contribution < -0.4 is 0 Å². The fraction of sp³-hybridized carbons (Fsp3) is 0.474. The number of carbonyl (C=O) groups is 2. The highest BCUT2D eigenvalue weighted by Crippen LogP contribution is 2.27. The maximum atomic E-state index is 11.6. The van der Waals surface area contributed by atoms with Crippen LogP contribution in [0.2, 0.25) is 0 Å². The summed E-state index contributed by atoms with van der Waals surface area (Å²) in [6, 6.07) is 27.9. The first-order chi connectivity index (χ1) is 39.1. The summed E-state index contributed by atoms with van der Waals surface area (Å²) in [6.45, 7) is 13.6. The van der Waals surface area contributed by atoms with Crippen molar-refractivity contribution in [3.8, 4) is 47.4 Å². The van der Waals surface area contributed by atoms with E-state index in [1.807, 2.05) is 0 Å². The smallest absolute Gasteiger partial charge is 0.335 e. The minimum absolute atomic E-state index is 0.264. The van der Waals surface area contributed by atoms with Crippen molar-refractivity contribution in [1.82, 2.24) is 0 Å². The van der Waals surface area contributed by atoms with Crippen LogP contribution in [0.5, 0.6) is 0 Å². The van der Waals surface area contributed by atoms with Gasteiger partial charge in [-0.3, -0.25) is 0 Å². The van der Waals surface area contributed by atoms with Crippen LogP contribution in [0.1, 0.15) is 294 Å². The first-order valence-electron chi connectivity index (χ1n) is 31.3. The molecule has 0 heterocycles. The summed E-state index contributed by atoms with van der Waals surface area (Å²) in [5.41, 5.74) is 16.3. The topological polar surface area (TPSA) is 74.6 Å². The van der Waals surface area contributed by atoms with Gasteiger partial charge in [0.15, 0.2) is 0 Å². The van der Waals surface area contributed by atoms with E-state index in [0.29, 0.717) is 0 Å². The summed E-state index contributed by atoms with van der Waals surface area (Å²) in [4.78, 5) is 23.2. The molecular formula is C76H94O4. The Balaban J connectivity index is 1.68. The summed E-state index contributed by atoms with van der Waals surface area (Å²) in [7, 11) is 0. The lowest BCUT2D eigenvalue weighted by atomic mass is 9.90. The van der Waals surface area contributed by atoms with Gasteiger partial charge < -0.3 is 10.2 Å². The molecule has 0 saturated heterocycles. The Morgan fingerprint density at radius 1 is 0.275 bits per heavy atom. The highest BCUT2D eigenvalue weighted by atomic mass is 16.4. The molecule has 422 valence electrons. The fourth-order valence-electron chi connectivity index (χ4n) is 10.4. The van der Waals surface area contributed by atoms with Gasteiger partial charge in [0.2, 0.25) is 0 Å². The third kappa shape index (κ3) is 22.4. The van der Waals surface area contributed by atoms with E-state index < -0.39 is 11.9 Å². The molecule has 0 aromatic heterocycles. The van der Waals surface area contributed by atoms with Crippen LogP contribution in [-0.4, -0.2) is 22.2 Å². The van der Waals surface area contributed by atoms with E-state index in [9.17, 15) is 19.8 Å². The van der Waals surface area contributed by atoms with Gasteiger partial charge in [0.05, 0.1) is 11.1 Å². The molecule has 0 unspecified atom stereocenters. The monoisotopic (exact) mass is 1070 g/mol. The molecule has 5 rings (SSSR count). The van der Waals surface area contributed by atoms with E-state index in [2.05, 4.69) is 125 Å². The van der Waals surface area contributed by atoms with E-state index in [1.165, 1.54) is 149 Å². The van der Waals surface area contributed by atoms with Crippen LogP contribution >= 0.6 is 0 Å². The number of aromatic carboxylic acids is 2. The molecule has 0 spiro atoms. The Labute approximate surface area is 484 Å². The van der Waals surface area contributed by atoms with Gasteiger partial charge in [0.1, 0.15) is 0 Å². The molecule has 4 nitrogen and oxygen atoms in total. The number of aryl methyl sites for hydroxylation is 6. The molecule has 0 aliphatic heterocycles. The molecular weight excluding hydrogens is 977 g/mol. The van der Waals surface area contributed by atoms with Gasteiger partial charge in [-0.15, -0.1) is 0 Å². The van der Waals surface area contributed by atoms with E-state index in [-0.39, 0.29) is 11.1 Å². The number of carboxylic acid groups (broad SMARTS) is 2. The quantitative estimate of drug-likeness (QED) is 0.0332. The van der Waals surface area contributed by atoms with Gasteiger partial charge in [-0.25, -0.2) is 9.59 Å². The molecule has 0 aliphatic rings. The molecule has 0 radical (unpaired) electrons. The molecule has 0 saturated carbocycles. The number of hydrogen-bond donors (Lipinski definition) is 2. The fourth-order valence-corrected chi connectivity index (χ4v) is 10.4. The Morgan fingerprint density at radius 3 is 0.637 bits per heavy atom. The van der Waals surface area contributed by atoms with Crippen molar-refractivity contribution in [2.24, 2.45) is 0 Å². The summed E-state index contributed by atoms with van der Waals surface area (Å²) in [6.07, 6.45) is 33.7. The molecule has 0 atom stereocenters. The normalized spacial score (nSPS) is 10.7. The second kappa shape index (κ2) is 37.3. The molecule has 2 N–H and O–H groups in total. The molecule has 0 aliphatic carbocycles. The van der Waals surface area contributed by atoms with Crippen LogP contribution in [-0.2, 0) is 38.5 Å². The lowest BCUT2D eigenvalue weighted by molar-refractivity contribution is 0.0686. The van der Waals surface area contributed by atoms with Crippen molar-refractivity contribution in [2.75, 3.05) is 0 Å².